The van der Waals surface area contributed by atoms with Crippen LogP contribution in [0.25, 0.3) is 0 Å². The Balaban J connectivity index is 1.85. The number of Topliss-reactive ketones (excluding diaryl/α,β-unsaturated/α-hetero) is 1. The second-order valence-corrected chi connectivity index (χ2v) is 9.07. The summed E-state index contributed by atoms with van der Waals surface area (Å²) in [5.74, 6) is 0.472. The number of ketones is 1. The molecular formula is C18H22OSe. The Morgan fingerprint density at radius 3 is 2.70 bits per heavy atom. The SMILES string of the molecule is CC1=C2C(=O)[C@H]([Se]c3ccccc3)CC[C@@]2(C)CCC1. The Bertz CT molecular complexity index is 546. The van der Waals surface area contributed by atoms with Gasteiger partial charge >= 0.3 is 128 Å². The molecule has 1 aromatic rings. The van der Waals surface area contributed by atoms with Gasteiger partial charge in [-0.25, -0.2) is 0 Å². The summed E-state index contributed by atoms with van der Waals surface area (Å²) in [6, 6.07) is 10.6. The van der Waals surface area contributed by atoms with Crippen molar-refractivity contribution in [2.45, 2.75) is 50.8 Å². The van der Waals surface area contributed by atoms with E-state index in [2.05, 4.69) is 38.1 Å². The summed E-state index contributed by atoms with van der Waals surface area (Å²) in [4.78, 5) is 13.2. The van der Waals surface area contributed by atoms with Gasteiger partial charge in [0.1, 0.15) is 0 Å². The summed E-state index contributed by atoms with van der Waals surface area (Å²) < 4.78 is 1.36. The first kappa shape index (κ1) is 14.1. The molecule has 0 radical (unpaired) electrons. The number of hydrogen-bond acceptors (Lipinski definition) is 1. The van der Waals surface area contributed by atoms with E-state index in [9.17, 15) is 4.79 Å². The van der Waals surface area contributed by atoms with Gasteiger partial charge in [0.05, 0.1) is 0 Å². The van der Waals surface area contributed by atoms with E-state index in [1.165, 1.54) is 34.9 Å². The second-order valence-electron chi connectivity index (χ2n) is 6.39. The van der Waals surface area contributed by atoms with Crippen molar-refractivity contribution in [1.82, 2.24) is 0 Å². The first-order chi connectivity index (χ1) is 9.60. The molecule has 0 unspecified atom stereocenters. The zero-order valence-corrected chi connectivity index (χ0v) is 14.0. The van der Waals surface area contributed by atoms with Crippen molar-refractivity contribution in [2.75, 3.05) is 0 Å². The first-order valence-electron chi connectivity index (χ1n) is 7.56. The fraction of sp³-hybridized carbons (Fsp3) is 0.500. The van der Waals surface area contributed by atoms with Gasteiger partial charge in [-0.05, 0) is 0 Å². The Morgan fingerprint density at radius 1 is 1.20 bits per heavy atom. The molecule has 0 spiro atoms. The van der Waals surface area contributed by atoms with Crippen LogP contribution in [0.5, 0.6) is 0 Å². The molecule has 0 saturated heterocycles. The van der Waals surface area contributed by atoms with Crippen molar-refractivity contribution < 1.29 is 4.79 Å². The van der Waals surface area contributed by atoms with Crippen LogP contribution in [-0.4, -0.2) is 20.7 Å². The Labute approximate surface area is 128 Å². The Kier molecular flexibility index (Phi) is 3.88. The number of carbonyl (C=O) groups excluding carboxylic acids is 1. The molecular weight excluding hydrogens is 311 g/mol. The van der Waals surface area contributed by atoms with Crippen LogP contribution in [0.4, 0.5) is 0 Å². The molecule has 0 N–H and O–H groups in total. The van der Waals surface area contributed by atoms with Crippen LogP contribution in [0, 0.1) is 5.41 Å². The normalized spacial score (nSPS) is 30.3. The number of rotatable bonds is 2. The third-order valence-electron chi connectivity index (χ3n) is 4.83. The molecule has 2 aliphatic carbocycles. The van der Waals surface area contributed by atoms with Crippen molar-refractivity contribution in [3.05, 3.63) is 41.5 Å². The van der Waals surface area contributed by atoms with Gasteiger partial charge in [-0.3, -0.25) is 0 Å². The molecule has 0 bridgehead atoms. The average molecular weight is 333 g/mol. The molecule has 0 heterocycles. The molecule has 20 heavy (non-hydrogen) atoms. The van der Waals surface area contributed by atoms with E-state index in [4.69, 9.17) is 0 Å². The number of benzene rings is 1. The van der Waals surface area contributed by atoms with Crippen LogP contribution in [0.3, 0.4) is 0 Å². The van der Waals surface area contributed by atoms with Crippen LogP contribution in [0.2, 0.25) is 4.82 Å². The van der Waals surface area contributed by atoms with Crippen molar-refractivity contribution in [2.24, 2.45) is 5.41 Å². The van der Waals surface area contributed by atoms with Crippen molar-refractivity contribution in [3.63, 3.8) is 0 Å². The van der Waals surface area contributed by atoms with E-state index in [1.807, 2.05) is 6.07 Å². The molecule has 3 rings (SSSR count). The molecule has 1 fully saturated rings. The van der Waals surface area contributed by atoms with Gasteiger partial charge in [0.15, 0.2) is 0 Å². The van der Waals surface area contributed by atoms with Crippen LogP contribution < -0.4 is 4.46 Å². The monoisotopic (exact) mass is 334 g/mol. The molecule has 1 saturated carbocycles. The summed E-state index contributed by atoms with van der Waals surface area (Å²) in [5, 5.41) is 0. The number of hydrogen-bond donors (Lipinski definition) is 0. The van der Waals surface area contributed by atoms with Gasteiger partial charge < -0.3 is 0 Å². The number of allylic oxidation sites excluding steroid dienone is 2. The molecule has 2 heteroatoms. The topological polar surface area (TPSA) is 17.1 Å². The average Bonchev–Trinajstić information content (AvgIpc) is 2.43. The van der Waals surface area contributed by atoms with Gasteiger partial charge in [0.25, 0.3) is 0 Å². The van der Waals surface area contributed by atoms with Gasteiger partial charge in [-0.15, -0.1) is 0 Å². The third kappa shape index (κ3) is 2.52. The van der Waals surface area contributed by atoms with Gasteiger partial charge in [0.2, 0.25) is 0 Å². The zero-order chi connectivity index (χ0) is 14.2. The van der Waals surface area contributed by atoms with E-state index >= 15 is 0 Å². The Morgan fingerprint density at radius 2 is 1.95 bits per heavy atom. The minimum atomic E-state index is 0.183. The second kappa shape index (κ2) is 5.50. The third-order valence-corrected chi connectivity index (χ3v) is 7.51. The van der Waals surface area contributed by atoms with Gasteiger partial charge in [-0.1, -0.05) is 0 Å². The number of fused-ring (bicyclic) bond motifs is 1. The first-order valence-corrected chi connectivity index (χ1v) is 9.41. The van der Waals surface area contributed by atoms with Crippen molar-refractivity contribution >= 4 is 25.2 Å². The van der Waals surface area contributed by atoms with Gasteiger partial charge in [0, 0.05) is 0 Å². The van der Waals surface area contributed by atoms with Crippen LogP contribution >= 0.6 is 0 Å². The molecule has 2 aliphatic rings. The van der Waals surface area contributed by atoms with E-state index in [0.717, 1.165) is 12.8 Å². The molecule has 106 valence electrons. The van der Waals surface area contributed by atoms with E-state index in [0.29, 0.717) is 5.78 Å². The number of carbonyl (C=O) groups is 1. The minimum absolute atomic E-state index is 0.183. The fourth-order valence-corrected chi connectivity index (χ4v) is 6.10. The zero-order valence-electron chi connectivity index (χ0n) is 12.3. The quantitative estimate of drug-likeness (QED) is 0.755. The van der Waals surface area contributed by atoms with E-state index in [1.54, 1.807) is 0 Å². The van der Waals surface area contributed by atoms with Crippen LogP contribution in [-0.2, 0) is 4.79 Å². The maximum absolute atomic E-state index is 12.9. The molecule has 0 aliphatic heterocycles. The van der Waals surface area contributed by atoms with Gasteiger partial charge in [-0.2, -0.15) is 0 Å². The predicted octanol–water partition coefficient (Wildman–Crippen LogP) is 3.67. The Hall–Kier alpha value is -0.851. The van der Waals surface area contributed by atoms with Crippen molar-refractivity contribution in [1.29, 1.82) is 0 Å². The summed E-state index contributed by atoms with van der Waals surface area (Å²) in [6.07, 6.45) is 5.87. The molecule has 1 aromatic carbocycles. The molecule has 0 aromatic heterocycles. The summed E-state index contributed by atoms with van der Waals surface area (Å²) in [5.41, 5.74) is 2.76. The maximum atomic E-state index is 12.9. The summed E-state index contributed by atoms with van der Waals surface area (Å²) in [7, 11) is 0. The summed E-state index contributed by atoms with van der Waals surface area (Å²) in [6.45, 7) is 4.50. The van der Waals surface area contributed by atoms with E-state index in [-0.39, 0.29) is 25.2 Å². The van der Waals surface area contributed by atoms with E-state index < -0.39 is 0 Å². The molecule has 2 atom stereocenters. The summed E-state index contributed by atoms with van der Waals surface area (Å²) >= 11 is 0.282. The van der Waals surface area contributed by atoms with Crippen LogP contribution in [0.15, 0.2) is 41.5 Å². The van der Waals surface area contributed by atoms with Crippen LogP contribution in [0.1, 0.15) is 46.0 Å². The molecule has 1 nitrogen and oxygen atoms in total. The predicted molar refractivity (Wildman–Crippen MR) is 84.5 cm³/mol. The standard InChI is InChI=1S/C18H22OSe/c1-13-7-6-11-18(2)12-10-15(17(19)16(13)18)20-14-8-4-3-5-9-14/h3-5,8-9,15H,6-7,10-12H2,1-2H3/t15-,18-/m1/s1. The molecule has 0 amide bonds. The fourth-order valence-electron chi connectivity index (χ4n) is 3.78. The van der Waals surface area contributed by atoms with Crippen molar-refractivity contribution in [3.8, 4) is 0 Å².